The smallest absolute Gasteiger partial charge is 0.288 e. The lowest BCUT2D eigenvalue weighted by atomic mass is 10.2. The van der Waals surface area contributed by atoms with Crippen molar-refractivity contribution in [2.24, 2.45) is 0 Å². The number of imidazole rings is 1. The average molecular weight is 384 g/mol. The second kappa shape index (κ2) is 6.22. The summed E-state index contributed by atoms with van der Waals surface area (Å²) < 4.78 is 1.58. The van der Waals surface area contributed by atoms with Crippen LogP contribution in [0, 0.1) is 10.1 Å². The number of amides is 1. The summed E-state index contributed by atoms with van der Waals surface area (Å²) in [5.74, 6) is -0.175. The van der Waals surface area contributed by atoms with Crippen molar-refractivity contribution >= 4 is 45.8 Å². The number of halogens is 1. The van der Waals surface area contributed by atoms with E-state index in [-0.39, 0.29) is 27.9 Å². The van der Waals surface area contributed by atoms with Crippen LogP contribution in [-0.2, 0) is 0 Å². The Morgan fingerprint density at radius 3 is 2.78 bits per heavy atom. The third-order valence-electron chi connectivity index (χ3n) is 3.95. The number of nitrogens with zero attached hydrogens (tertiary/aromatic N) is 3. The van der Waals surface area contributed by atoms with Gasteiger partial charge in [0, 0.05) is 17.7 Å². The summed E-state index contributed by atoms with van der Waals surface area (Å²) in [6.07, 6.45) is 0. The Bertz CT molecular complexity index is 1290. The number of hydrogen-bond donors (Lipinski definition) is 2. The van der Waals surface area contributed by atoms with Crippen LogP contribution in [0.4, 0.5) is 11.5 Å². The number of rotatable bonds is 3. The first kappa shape index (κ1) is 16.7. The summed E-state index contributed by atoms with van der Waals surface area (Å²) in [6, 6.07) is 12.1. The van der Waals surface area contributed by atoms with Crippen LogP contribution in [0.25, 0.3) is 16.8 Å². The Kier molecular flexibility index (Phi) is 3.85. The summed E-state index contributed by atoms with van der Waals surface area (Å²) in [5.41, 5.74) is 0.519. The van der Waals surface area contributed by atoms with Gasteiger partial charge in [0.15, 0.2) is 0 Å². The number of fused-ring (bicyclic) bond motifs is 3. The molecule has 2 N–H and O–H groups in total. The lowest BCUT2D eigenvalue weighted by molar-refractivity contribution is -0.384. The van der Waals surface area contributed by atoms with E-state index in [9.17, 15) is 19.7 Å². The third-order valence-corrected chi connectivity index (χ3v) is 4.27. The standard InChI is InChI=1S/C17H10ClN5O4/c18-10-6-5-9(7-13(10)23(26)27)16(25)20-14-8-15(24)21-17-19-11-3-1-2-4-12(11)22(14)17/h1-8H,(H,20,25)(H,19,21,24). The minimum absolute atomic E-state index is 0.0314. The summed E-state index contributed by atoms with van der Waals surface area (Å²) in [4.78, 5) is 41.8. The number of nitrogens with one attached hydrogen (secondary N) is 2. The largest absolute Gasteiger partial charge is 0.307 e. The van der Waals surface area contributed by atoms with Crippen LogP contribution in [0.15, 0.2) is 53.3 Å². The molecule has 0 fully saturated rings. The highest BCUT2D eigenvalue weighted by Gasteiger charge is 2.18. The molecule has 9 nitrogen and oxygen atoms in total. The number of aromatic amines is 1. The van der Waals surface area contributed by atoms with E-state index >= 15 is 0 Å². The van der Waals surface area contributed by atoms with Crippen molar-refractivity contribution < 1.29 is 9.72 Å². The topological polar surface area (TPSA) is 122 Å². The number of carbonyl (C=O) groups is 1. The van der Waals surface area contributed by atoms with Gasteiger partial charge in [-0.15, -0.1) is 0 Å². The highest BCUT2D eigenvalue weighted by molar-refractivity contribution is 6.32. The van der Waals surface area contributed by atoms with Crippen molar-refractivity contribution in [2.75, 3.05) is 5.32 Å². The summed E-state index contributed by atoms with van der Waals surface area (Å²) in [5, 5.41) is 13.5. The van der Waals surface area contributed by atoms with Gasteiger partial charge < -0.3 is 5.32 Å². The number of hydrogen-bond acceptors (Lipinski definition) is 5. The average Bonchev–Trinajstić information content (AvgIpc) is 2.99. The number of aromatic nitrogens is 3. The van der Waals surface area contributed by atoms with Crippen LogP contribution in [0.1, 0.15) is 10.4 Å². The molecule has 0 saturated heterocycles. The molecule has 4 rings (SSSR count). The fraction of sp³-hybridized carbons (Fsp3) is 0. The van der Waals surface area contributed by atoms with E-state index in [1.807, 2.05) is 0 Å². The molecule has 0 aliphatic heterocycles. The molecule has 1 amide bonds. The molecular formula is C17H10ClN5O4. The molecule has 0 aliphatic rings. The minimum atomic E-state index is -0.673. The van der Waals surface area contributed by atoms with E-state index in [4.69, 9.17) is 11.6 Å². The van der Waals surface area contributed by atoms with E-state index in [0.29, 0.717) is 11.0 Å². The maximum atomic E-state index is 12.6. The van der Waals surface area contributed by atoms with Gasteiger partial charge in [-0.2, -0.15) is 0 Å². The number of H-pyrrole nitrogens is 1. The van der Waals surface area contributed by atoms with Gasteiger partial charge in [0.05, 0.1) is 16.0 Å². The van der Waals surface area contributed by atoms with Crippen LogP contribution in [0.5, 0.6) is 0 Å². The van der Waals surface area contributed by atoms with Gasteiger partial charge in [-0.3, -0.25) is 29.1 Å². The Morgan fingerprint density at radius 2 is 2.00 bits per heavy atom. The van der Waals surface area contributed by atoms with E-state index in [1.54, 1.807) is 28.7 Å². The number of nitro benzene ring substituents is 1. The molecule has 0 atom stereocenters. The van der Waals surface area contributed by atoms with Gasteiger partial charge in [-0.1, -0.05) is 23.7 Å². The molecule has 0 aliphatic carbocycles. The number of nitro groups is 1. The number of para-hydroxylation sites is 2. The van der Waals surface area contributed by atoms with E-state index < -0.39 is 16.4 Å². The second-order valence-electron chi connectivity index (χ2n) is 5.66. The summed E-state index contributed by atoms with van der Waals surface area (Å²) >= 11 is 5.77. The van der Waals surface area contributed by atoms with Crippen molar-refractivity contribution in [3.05, 3.63) is 79.6 Å². The molecule has 0 radical (unpaired) electrons. The Hall–Kier alpha value is -3.72. The molecule has 0 bridgehead atoms. The molecule has 2 aromatic heterocycles. The molecular weight excluding hydrogens is 374 g/mol. The van der Waals surface area contributed by atoms with Gasteiger partial charge in [0.25, 0.3) is 17.2 Å². The number of benzene rings is 2. The predicted octanol–water partition coefficient (Wildman–Crippen LogP) is 2.99. The number of anilines is 1. The van der Waals surface area contributed by atoms with Crippen LogP contribution in [0.3, 0.4) is 0 Å². The first-order chi connectivity index (χ1) is 12.9. The Labute approximate surface area is 155 Å². The molecule has 0 spiro atoms. The van der Waals surface area contributed by atoms with Crippen molar-refractivity contribution in [3.8, 4) is 0 Å². The zero-order chi connectivity index (χ0) is 19.1. The van der Waals surface area contributed by atoms with Crippen LogP contribution in [-0.4, -0.2) is 25.2 Å². The quantitative estimate of drug-likeness (QED) is 0.416. The molecule has 4 aromatic rings. The predicted molar refractivity (Wildman–Crippen MR) is 99.4 cm³/mol. The minimum Gasteiger partial charge on any atom is -0.307 e. The third kappa shape index (κ3) is 2.89. The zero-order valence-electron chi connectivity index (χ0n) is 13.5. The maximum Gasteiger partial charge on any atom is 0.288 e. The summed E-state index contributed by atoms with van der Waals surface area (Å²) in [7, 11) is 0. The molecule has 0 saturated carbocycles. The van der Waals surface area contributed by atoms with Crippen molar-refractivity contribution in [2.45, 2.75) is 0 Å². The second-order valence-corrected chi connectivity index (χ2v) is 6.06. The molecule has 2 heterocycles. The molecule has 27 heavy (non-hydrogen) atoms. The fourth-order valence-electron chi connectivity index (χ4n) is 2.76. The summed E-state index contributed by atoms with van der Waals surface area (Å²) in [6.45, 7) is 0. The van der Waals surface area contributed by atoms with Gasteiger partial charge in [0.1, 0.15) is 10.8 Å². The lowest BCUT2D eigenvalue weighted by Gasteiger charge is -2.08. The molecule has 10 heteroatoms. The zero-order valence-corrected chi connectivity index (χ0v) is 14.2. The fourth-order valence-corrected chi connectivity index (χ4v) is 2.95. The van der Waals surface area contributed by atoms with E-state index in [0.717, 1.165) is 6.07 Å². The monoisotopic (exact) mass is 383 g/mol. The highest BCUT2D eigenvalue weighted by atomic mass is 35.5. The first-order valence-corrected chi connectivity index (χ1v) is 8.07. The Balaban J connectivity index is 1.82. The van der Waals surface area contributed by atoms with Gasteiger partial charge in [-0.05, 0) is 24.3 Å². The van der Waals surface area contributed by atoms with Crippen LogP contribution >= 0.6 is 11.6 Å². The lowest BCUT2D eigenvalue weighted by Crippen LogP contribution is -2.18. The molecule has 2 aromatic carbocycles. The van der Waals surface area contributed by atoms with Crippen molar-refractivity contribution in [3.63, 3.8) is 0 Å². The van der Waals surface area contributed by atoms with Gasteiger partial charge in [0.2, 0.25) is 5.78 Å². The highest BCUT2D eigenvalue weighted by Crippen LogP contribution is 2.26. The number of carbonyl (C=O) groups excluding carboxylic acids is 1. The van der Waals surface area contributed by atoms with Crippen LogP contribution in [0.2, 0.25) is 5.02 Å². The SMILES string of the molecule is O=C(Nc1cc(=O)[nH]c2nc3ccccc3n12)c1ccc(Cl)c([N+](=O)[O-])c1. The molecule has 134 valence electrons. The molecule has 0 unspecified atom stereocenters. The normalized spacial score (nSPS) is 11.0. The first-order valence-electron chi connectivity index (χ1n) is 7.70. The maximum absolute atomic E-state index is 12.6. The van der Waals surface area contributed by atoms with Crippen LogP contribution < -0.4 is 10.9 Å². The van der Waals surface area contributed by atoms with E-state index in [1.165, 1.54) is 18.2 Å². The van der Waals surface area contributed by atoms with Crippen molar-refractivity contribution in [1.82, 2.24) is 14.4 Å². The van der Waals surface area contributed by atoms with E-state index in [2.05, 4.69) is 15.3 Å². The Morgan fingerprint density at radius 1 is 1.22 bits per heavy atom. The van der Waals surface area contributed by atoms with Crippen molar-refractivity contribution in [1.29, 1.82) is 0 Å². The van der Waals surface area contributed by atoms with Gasteiger partial charge in [-0.25, -0.2) is 4.98 Å². The van der Waals surface area contributed by atoms with Gasteiger partial charge >= 0.3 is 0 Å².